The molecule has 3 aromatic rings. The van der Waals surface area contributed by atoms with Crippen LogP contribution < -0.4 is 18.9 Å². The Bertz CT molecular complexity index is 1340. The van der Waals surface area contributed by atoms with Crippen LogP contribution in [0.4, 0.5) is 4.79 Å². The molecule has 0 aromatic heterocycles. The van der Waals surface area contributed by atoms with Gasteiger partial charge in [0, 0.05) is 26.2 Å². The maximum absolute atomic E-state index is 13.8. The zero-order valence-corrected chi connectivity index (χ0v) is 24.6. The van der Waals surface area contributed by atoms with E-state index in [4.69, 9.17) is 42.1 Å². The smallest absolute Gasteiger partial charge is 0.415 e. The van der Waals surface area contributed by atoms with Gasteiger partial charge in [-0.3, -0.25) is 9.69 Å². The second kappa shape index (κ2) is 13.5. The van der Waals surface area contributed by atoms with Crippen LogP contribution in [0.2, 0.25) is 10.0 Å². The van der Waals surface area contributed by atoms with Crippen LogP contribution >= 0.6 is 23.2 Å². The Balaban J connectivity index is 2.08. The summed E-state index contributed by atoms with van der Waals surface area (Å²) in [5.74, 6) is 1.07. The van der Waals surface area contributed by atoms with Crippen molar-refractivity contribution in [2.75, 3.05) is 42.0 Å². The summed E-state index contributed by atoms with van der Waals surface area (Å²) in [7, 11) is 7.68. The first-order valence-corrected chi connectivity index (χ1v) is 13.0. The SMILES string of the molecule is C=CC[C@@](CN(C)C(=O)c1cc(OC)c(OC)c(OC)c1)(c1ccc(Cl)c(Cl)c1)N(C)C(=O)Oc1ccccc1. The molecule has 3 aromatic carbocycles. The minimum absolute atomic E-state index is 0.0485. The van der Waals surface area contributed by atoms with Gasteiger partial charge in [-0.1, -0.05) is 53.5 Å². The number of ether oxygens (including phenoxy) is 4. The van der Waals surface area contributed by atoms with Crippen molar-refractivity contribution in [1.82, 2.24) is 9.80 Å². The fourth-order valence-electron chi connectivity index (χ4n) is 4.46. The monoisotopic (exact) mass is 586 g/mol. The van der Waals surface area contributed by atoms with Crippen LogP contribution in [0.25, 0.3) is 0 Å². The molecule has 0 aliphatic heterocycles. The summed E-state index contributed by atoms with van der Waals surface area (Å²) in [6.07, 6.45) is 1.30. The third-order valence-corrected chi connectivity index (χ3v) is 7.30. The number of halogens is 2. The van der Waals surface area contributed by atoms with Gasteiger partial charge in [-0.25, -0.2) is 4.79 Å². The third-order valence-electron chi connectivity index (χ3n) is 6.56. The van der Waals surface area contributed by atoms with Crippen LogP contribution in [0.5, 0.6) is 23.0 Å². The summed E-state index contributed by atoms with van der Waals surface area (Å²) >= 11 is 12.6. The van der Waals surface area contributed by atoms with E-state index >= 15 is 0 Å². The number of para-hydroxylation sites is 1. The lowest BCUT2D eigenvalue weighted by Crippen LogP contribution is -2.54. The fourth-order valence-corrected chi connectivity index (χ4v) is 4.75. The van der Waals surface area contributed by atoms with Crippen molar-refractivity contribution in [3.05, 3.63) is 94.5 Å². The molecule has 2 amide bonds. The molecule has 0 saturated carbocycles. The van der Waals surface area contributed by atoms with E-state index in [0.717, 1.165) is 0 Å². The molecule has 10 heteroatoms. The highest BCUT2D eigenvalue weighted by Crippen LogP contribution is 2.40. The Kier molecular flexibility index (Phi) is 10.3. The molecule has 0 N–H and O–H groups in total. The number of hydrogen-bond donors (Lipinski definition) is 0. The minimum Gasteiger partial charge on any atom is -0.493 e. The molecule has 0 spiro atoms. The predicted molar refractivity (Wildman–Crippen MR) is 156 cm³/mol. The number of amides is 2. The summed E-state index contributed by atoms with van der Waals surface area (Å²) in [6, 6.07) is 16.9. The number of hydrogen-bond acceptors (Lipinski definition) is 6. The van der Waals surface area contributed by atoms with Gasteiger partial charge in [-0.2, -0.15) is 0 Å². The molecular formula is C30H32Cl2N2O6. The van der Waals surface area contributed by atoms with Crippen molar-refractivity contribution in [1.29, 1.82) is 0 Å². The Hall–Kier alpha value is -3.88. The first-order valence-electron chi connectivity index (χ1n) is 12.2. The average molecular weight is 588 g/mol. The normalized spacial score (nSPS) is 12.1. The summed E-state index contributed by atoms with van der Waals surface area (Å²) in [5, 5.41) is 0.658. The molecule has 0 saturated heterocycles. The maximum Gasteiger partial charge on any atom is 0.415 e. The number of likely N-dealkylation sites (N-methyl/N-ethyl adjacent to an activating group) is 2. The number of methoxy groups -OCH3 is 3. The van der Waals surface area contributed by atoms with Gasteiger partial charge >= 0.3 is 6.09 Å². The number of benzene rings is 3. The Morgan fingerprint density at radius 1 is 0.900 bits per heavy atom. The highest BCUT2D eigenvalue weighted by Gasteiger charge is 2.42. The molecule has 1 atom stereocenters. The van der Waals surface area contributed by atoms with Gasteiger partial charge in [0.2, 0.25) is 5.75 Å². The molecule has 212 valence electrons. The molecule has 0 aliphatic carbocycles. The predicted octanol–water partition coefficient (Wildman–Crippen LogP) is 6.69. The zero-order valence-electron chi connectivity index (χ0n) is 23.1. The first-order chi connectivity index (χ1) is 19.1. The van der Waals surface area contributed by atoms with Gasteiger partial charge in [0.1, 0.15) is 5.75 Å². The van der Waals surface area contributed by atoms with Crippen molar-refractivity contribution in [3.8, 4) is 23.0 Å². The van der Waals surface area contributed by atoms with E-state index in [2.05, 4.69) is 6.58 Å². The molecule has 0 unspecified atom stereocenters. The van der Waals surface area contributed by atoms with E-state index in [1.807, 2.05) is 6.07 Å². The molecule has 40 heavy (non-hydrogen) atoms. The van der Waals surface area contributed by atoms with Gasteiger partial charge in [-0.05, 0) is 48.4 Å². The lowest BCUT2D eigenvalue weighted by Gasteiger charge is -2.43. The zero-order chi connectivity index (χ0) is 29.4. The highest BCUT2D eigenvalue weighted by atomic mass is 35.5. The van der Waals surface area contributed by atoms with E-state index in [9.17, 15) is 9.59 Å². The topological polar surface area (TPSA) is 77.5 Å². The van der Waals surface area contributed by atoms with Crippen LogP contribution in [-0.4, -0.2) is 63.8 Å². The maximum atomic E-state index is 13.8. The lowest BCUT2D eigenvalue weighted by molar-refractivity contribution is 0.0550. The number of carbonyl (C=O) groups is 2. The highest BCUT2D eigenvalue weighted by molar-refractivity contribution is 6.42. The van der Waals surface area contributed by atoms with Crippen molar-refractivity contribution < 1.29 is 28.5 Å². The lowest BCUT2D eigenvalue weighted by atomic mass is 9.84. The first kappa shape index (κ1) is 30.7. The Morgan fingerprint density at radius 2 is 1.52 bits per heavy atom. The van der Waals surface area contributed by atoms with E-state index in [1.165, 1.54) is 31.1 Å². The van der Waals surface area contributed by atoms with Crippen LogP contribution in [-0.2, 0) is 5.54 Å². The van der Waals surface area contributed by atoms with Crippen LogP contribution in [0.15, 0.2) is 73.3 Å². The molecule has 0 bridgehead atoms. The summed E-state index contributed by atoms with van der Waals surface area (Å²) in [6.45, 7) is 3.97. The van der Waals surface area contributed by atoms with E-state index in [1.54, 1.807) is 74.8 Å². The molecule has 3 rings (SSSR count). The van der Waals surface area contributed by atoms with Crippen molar-refractivity contribution in [2.24, 2.45) is 0 Å². The standard InChI is InChI=1S/C30H32Cl2N2O6/c1-7-15-30(21-13-14-23(31)24(32)18-21,34(3)29(36)40-22-11-9-8-10-12-22)19-33(2)28(35)20-16-25(37-4)27(39-6)26(17-20)38-5/h7-14,16-18H,1,15,19H2,2-6H3/t30-/m1/s1. The van der Waals surface area contributed by atoms with Gasteiger partial charge in [0.05, 0.1) is 36.9 Å². The van der Waals surface area contributed by atoms with Crippen LogP contribution in [0.3, 0.4) is 0 Å². The molecule has 0 aliphatic rings. The van der Waals surface area contributed by atoms with Crippen LogP contribution in [0.1, 0.15) is 22.3 Å². The van der Waals surface area contributed by atoms with Gasteiger partial charge in [-0.15, -0.1) is 6.58 Å². The fraction of sp³-hybridized carbons (Fsp3) is 0.267. The number of carbonyl (C=O) groups excluding carboxylic acids is 2. The second-order valence-corrected chi connectivity index (χ2v) is 9.78. The minimum atomic E-state index is -1.13. The number of nitrogens with zero attached hydrogens (tertiary/aromatic N) is 2. The Labute approximate surface area is 244 Å². The largest absolute Gasteiger partial charge is 0.493 e. The summed E-state index contributed by atoms with van der Waals surface area (Å²) in [5.41, 5.74) is -0.195. The van der Waals surface area contributed by atoms with Crippen LogP contribution in [0, 0.1) is 0 Å². The van der Waals surface area contributed by atoms with Crippen molar-refractivity contribution in [2.45, 2.75) is 12.0 Å². The quantitative estimate of drug-likeness (QED) is 0.233. The van der Waals surface area contributed by atoms with Gasteiger partial charge in [0.15, 0.2) is 11.5 Å². The molecule has 0 radical (unpaired) electrons. The average Bonchev–Trinajstić information content (AvgIpc) is 2.96. The number of rotatable bonds is 11. The van der Waals surface area contributed by atoms with E-state index < -0.39 is 11.6 Å². The van der Waals surface area contributed by atoms with E-state index in [0.29, 0.717) is 44.2 Å². The van der Waals surface area contributed by atoms with Gasteiger partial charge in [0.25, 0.3) is 5.91 Å². The molecule has 0 heterocycles. The molecule has 0 fully saturated rings. The molecule has 8 nitrogen and oxygen atoms in total. The Morgan fingerprint density at radius 3 is 2.05 bits per heavy atom. The third kappa shape index (κ3) is 6.46. The van der Waals surface area contributed by atoms with Crippen molar-refractivity contribution >= 4 is 35.2 Å². The van der Waals surface area contributed by atoms with E-state index in [-0.39, 0.29) is 18.9 Å². The van der Waals surface area contributed by atoms with Gasteiger partial charge < -0.3 is 23.8 Å². The summed E-state index contributed by atoms with van der Waals surface area (Å²) < 4.78 is 21.9. The van der Waals surface area contributed by atoms with Crippen molar-refractivity contribution in [3.63, 3.8) is 0 Å². The second-order valence-electron chi connectivity index (χ2n) is 8.97. The molecular weight excluding hydrogens is 555 g/mol. The summed E-state index contributed by atoms with van der Waals surface area (Å²) in [4.78, 5) is 30.2.